The smallest absolute Gasteiger partial charge is 0.0812 e. The lowest BCUT2D eigenvalue weighted by atomic mass is 9.89. The first-order chi connectivity index (χ1) is 6.70. The fourth-order valence-electron chi connectivity index (χ4n) is 3.96. The van der Waals surface area contributed by atoms with Crippen LogP contribution < -0.4 is 0 Å². The van der Waals surface area contributed by atoms with E-state index < -0.39 is 0 Å². The van der Waals surface area contributed by atoms with Crippen LogP contribution >= 0.6 is 0 Å². The summed E-state index contributed by atoms with van der Waals surface area (Å²) >= 11 is 0. The molecule has 0 N–H and O–H groups in total. The van der Waals surface area contributed by atoms with Gasteiger partial charge in [0.05, 0.1) is 26.2 Å². The molecule has 0 aromatic rings. The lowest BCUT2D eigenvalue weighted by Gasteiger charge is -2.45. The minimum atomic E-state index is 0.969. The molecule has 2 aliphatic heterocycles. The zero-order valence-corrected chi connectivity index (χ0v) is 9.97. The number of hydrogen-bond acceptors (Lipinski definition) is 0. The molecule has 14 heavy (non-hydrogen) atoms. The highest BCUT2D eigenvalue weighted by Gasteiger charge is 2.36. The Morgan fingerprint density at radius 3 is 1.79 bits per heavy atom. The van der Waals surface area contributed by atoms with Crippen molar-refractivity contribution in [3.8, 4) is 0 Å². The Labute approximate surface area is 89.1 Å². The second-order valence-corrected chi connectivity index (χ2v) is 6.01. The zero-order chi connectivity index (χ0) is 10.0. The van der Waals surface area contributed by atoms with Crippen LogP contribution in [0, 0.1) is 11.8 Å². The Morgan fingerprint density at radius 2 is 1.29 bits per heavy atom. The van der Waals surface area contributed by atoms with Crippen LogP contribution in [0.15, 0.2) is 0 Å². The maximum Gasteiger partial charge on any atom is 0.0812 e. The highest BCUT2D eigenvalue weighted by molar-refractivity contribution is 4.68. The summed E-state index contributed by atoms with van der Waals surface area (Å²) in [6.07, 6.45) is 7.42. The van der Waals surface area contributed by atoms with Crippen molar-refractivity contribution in [3.63, 3.8) is 0 Å². The van der Waals surface area contributed by atoms with Gasteiger partial charge in [-0.05, 0) is 32.1 Å². The SMILES string of the molecule is CC1CC(C)C[N+]2(CCCCCC2)C1. The Bertz CT molecular complexity index is 168. The number of quaternary nitrogens is 1. The molecule has 2 heterocycles. The highest BCUT2D eigenvalue weighted by Crippen LogP contribution is 2.30. The van der Waals surface area contributed by atoms with Crippen LogP contribution in [0.5, 0.6) is 0 Å². The van der Waals surface area contributed by atoms with E-state index in [0.717, 1.165) is 11.8 Å². The first kappa shape index (κ1) is 10.5. The van der Waals surface area contributed by atoms with Gasteiger partial charge in [-0.1, -0.05) is 13.8 Å². The largest absolute Gasteiger partial charge is 0.323 e. The molecule has 1 spiro atoms. The van der Waals surface area contributed by atoms with E-state index >= 15 is 0 Å². The van der Waals surface area contributed by atoms with E-state index in [4.69, 9.17) is 0 Å². The van der Waals surface area contributed by atoms with Crippen molar-refractivity contribution in [2.75, 3.05) is 26.2 Å². The summed E-state index contributed by atoms with van der Waals surface area (Å²) in [4.78, 5) is 0. The molecule has 0 bridgehead atoms. The first-order valence-corrected chi connectivity index (χ1v) is 6.55. The summed E-state index contributed by atoms with van der Waals surface area (Å²) in [5.41, 5.74) is 0. The second kappa shape index (κ2) is 4.22. The molecule has 2 atom stereocenters. The maximum absolute atomic E-state index is 2.46. The van der Waals surface area contributed by atoms with Gasteiger partial charge in [0.25, 0.3) is 0 Å². The van der Waals surface area contributed by atoms with E-state index in [1.807, 2.05) is 0 Å². The molecule has 2 saturated heterocycles. The quantitative estimate of drug-likeness (QED) is 0.522. The molecular weight excluding hydrogens is 170 g/mol. The lowest BCUT2D eigenvalue weighted by Crippen LogP contribution is -2.56. The van der Waals surface area contributed by atoms with Gasteiger partial charge < -0.3 is 4.48 Å². The molecule has 0 aromatic heterocycles. The van der Waals surface area contributed by atoms with Crippen LogP contribution in [0.1, 0.15) is 46.0 Å². The third-order valence-corrected chi connectivity index (χ3v) is 4.22. The Hall–Kier alpha value is -0.0400. The number of piperidine rings is 1. The molecule has 0 aliphatic carbocycles. The molecular formula is C13H26N+. The van der Waals surface area contributed by atoms with E-state index in [2.05, 4.69) is 13.8 Å². The van der Waals surface area contributed by atoms with Crippen molar-refractivity contribution in [1.29, 1.82) is 0 Å². The molecule has 0 amide bonds. The summed E-state index contributed by atoms with van der Waals surface area (Å²) in [6.45, 7) is 10.8. The van der Waals surface area contributed by atoms with Gasteiger partial charge in [-0.2, -0.15) is 0 Å². The zero-order valence-electron chi connectivity index (χ0n) is 9.97. The van der Waals surface area contributed by atoms with E-state index in [1.165, 1.54) is 62.8 Å². The van der Waals surface area contributed by atoms with Crippen molar-refractivity contribution in [1.82, 2.24) is 0 Å². The van der Waals surface area contributed by atoms with Gasteiger partial charge in [-0.25, -0.2) is 0 Å². The summed E-state index contributed by atoms with van der Waals surface area (Å²) in [5, 5.41) is 0. The molecule has 1 heteroatoms. The van der Waals surface area contributed by atoms with Crippen molar-refractivity contribution in [2.24, 2.45) is 11.8 Å². The minimum absolute atomic E-state index is 0.969. The van der Waals surface area contributed by atoms with Crippen LogP contribution in [-0.2, 0) is 0 Å². The number of nitrogens with zero attached hydrogens (tertiary/aromatic N) is 1. The summed E-state index contributed by atoms with van der Waals surface area (Å²) in [6, 6.07) is 0. The predicted molar refractivity (Wildman–Crippen MR) is 61.1 cm³/mol. The van der Waals surface area contributed by atoms with Crippen LogP contribution in [0.3, 0.4) is 0 Å². The number of rotatable bonds is 0. The average molecular weight is 196 g/mol. The fraction of sp³-hybridized carbons (Fsp3) is 1.00. The van der Waals surface area contributed by atoms with E-state index in [1.54, 1.807) is 0 Å². The van der Waals surface area contributed by atoms with Crippen LogP contribution in [-0.4, -0.2) is 30.7 Å². The Kier molecular flexibility index (Phi) is 3.16. The van der Waals surface area contributed by atoms with Crippen molar-refractivity contribution >= 4 is 0 Å². The standard InChI is InChI=1S/C13H26N/c1-12-9-13(2)11-14(10-12)7-5-3-4-6-8-14/h12-13H,3-11H2,1-2H3/q+1. The Balaban J connectivity index is 2.03. The van der Waals surface area contributed by atoms with E-state index in [-0.39, 0.29) is 0 Å². The monoisotopic (exact) mass is 196 g/mol. The van der Waals surface area contributed by atoms with Gasteiger partial charge in [0.1, 0.15) is 0 Å². The van der Waals surface area contributed by atoms with Gasteiger partial charge in [-0.15, -0.1) is 0 Å². The van der Waals surface area contributed by atoms with Gasteiger partial charge in [-0.3, -0.25) is 0 Å². The first-order valence-electron chi connectivity index (χ1n) is 6.55. The van der Waals surface area contributed by atoms with Crippen LogP contribution in [0.4, 0.5) is 0 Å². The molecule has 1 nitrogen and oxygen atoms in total. The highest BCUT2D eigenvalue weighted by atomic mass is 15.4. The molecule has 82 valence electrons. The van der Waals surface area contributed by atoms with Gasteiger partial charge in [0, 0.05) is 11.8 Å². The normalized spacial score (nSPS) is 38.1. The lowest BCUT2D eigenvalue weighted by molar-refractivity contribution is -0.938. The van der Waals surface area contributed by atoms with Gasteiger partial charge >= 0.3 is 0 Å². The molecule has 2 unspecified atom stereocenters. The molecule has 0 saturated carbocycles. The van der Waals surface area contributed by atoms with E-state index in [0.29, 0.717) is 0 Å². The average Bonchev–Trinajstić information content (AvgIpc) is 2.28. The third kappa shape index (κ3) is 2.31. The van der Waals surface area contributed by atoms with Gasteiger partial charge in [0.2, 0.25) is 0 Å². The summed E-state index contributed by atoms with van der Waals surface area (Å²) in [7, 11) is 0. The van der Waals surface area contributed by atoms with Crippen molar-refractivity contribution in [2.45, 2.75) is 46.0 Å². The van der Waals surface area contributed by atoms with E-state index in [9.17, 15) is 0 Å². The van der Waals surface area contributed by atoms with Crippen LogP contribution in [0.25, 0.3) is 0 Å². The molecule has 2 aliphatic rings. The topological polar surface area (TPSA) is 0 Å². The second-order valence-electron chi connectivity index (χ2n) is 6.01. The fourth-order valence-corrected chi connectivity index (χ4v) is 3.96. The molecule has 0 aromatic carbocycles. The predicted octanol–water partition coefficient (Wildman–Crippen LogP) is 3.05. The summed E-state index contributed by atoms with van der Waals surface area (Å²) < 4.78 is 1.47. The minimum Gasteiger partial charge on any atom is -0.323 e. The number of hydrogen-bond donors (Lipinski definition) is 0. The Morgan fingerprint density at radius 1 is 0.786 bits per heavy atom. The van der Waals surface area contributed by atoms with Crippen molar-refractivity contribution < 1.29 is 4.48 Å². The maximum atomic E-state index is 2.46. The molecule has 2 fully saturated rings. The molecule has 0 radical (unpaired) electrons. The van der Waals surface area contributed by atoms with Crippen LogP contribution in [0.2, 0.25) is 0 Å². The van der Waals surface area contributed by atoms with Crippen molar-refractivity contribution in [3.05, 3.63) is 0 Å². The third-order valence-electron chi connectivity index (χ3n) is 4.22. The van der Waals surface area contributed by atoms with Gasteiger partial charge in [0.15, 0.2) is 0 Å². The molecule has 2 rings (SSSR count). The summed E-state index contributed by atoms with van der Waals surface area (Å²) in [5.74, 6) is 1.94.